The minimum atomic E-state index is -6.16. The minimum Gasteiger partial charge on any atom is -0.436 e. The second-order valence-corrected chi connectivity index (χ2v) is 8.92. The van der Waals surface area contributed by atoms with Gasteiger partial charge in [-0.15, -0.1) is 0 Å². The maximum absolute atomic E-state index is 16.3. The Hall–Kier alpha value is -3.16. The Morgan fingerprint density at radius 3 is 2.14 bits per heavy atom. The van der Waals surface area contributed by atoms with Crippen molar-refractivity contribution in [2.45, 2.75) is 49.1 Å². The molecule has 1 saturated carbocycles. The summed E-state index contributed by atoms with van der Waals surface area (Å²) in [6.45, 7) is 1.29. The molecule has 1 aliphatic heterocycles. The van der Waals surface area contributed by atoms with Crippen LogP contribution in [0.3, 0.4) is 0 Å². The molecule has 1 saturated heterocycles. The van der Waals surface area contributed by atoms with Crippen molar-refractivity contribution in [2.75, 3.05) is 26.3 Å². The number of halogens is 7. The summed E-state index contributed by atoms with van der Waals surface area (Å²) >= 11 is 0. The summed E-state index contributed by atoms with van der Waals surface area (Å²) in [5.41, 5.74) is -2.79. The first-order valence-corrected chi connectivity index (χ1v) is 11.3. The van der Waals surface area contributed by atoms with Gasteiger partial charge in [-0.3, -0.25) is 9.59 Å². The summed E-state index contributed by atoms with van der Waals surface area (Å²) in [4.78, 5) is 29.3. The van der Waals surface area contributed by atoms with Crippen LogP contribution in [0.25, 0.3) is 11.3 Å². The second-order valence-electron chi connectivity index (χ2n) is 8.92. The van der Waals surface area contributed by atoms with Crippen LogP contribution in [-0.4, -0.2) is 59.8 Å². The van der Waals surface area contributed by atoms with E-state index in [1.807, 2.05) is 0 Å². The zero-order valence-electron chi connectivity index (χ0n) is 19.2. The standard InChI is InChI=1S/C23H22F7N3O4/c24-20(7-1-2-8-21(20,25)18(31)35)16-15(32-19(37-16)22(26,27)23(28,29)30)13-3-5-14(6-4-13)17(34)33-9-11-36-12-10-33/h3-6H,1-2,7-12H2,(H2,31,35). The maximum atomic E-state index is 16.3. The van der Waals surface area contributed by atoms with Crippen molar-refractivity contribution in [3.05, 3.63) is 41.5 Å². The van der Waals surface area contributed by atoms with Crippen LogP contribution >= 0.6 is 0 Å². The first-order valence-electron chi connectivity index (χ1n) is 11.3. The molecular formula is C23H22F7N3O4. The smallest absolute Gasteiger partial charge is 0.436 e. The molecule has 1 aromatic carbocycles. The van der Waals surface area contributed by atoms with Gasteiger partial charge in [-0.05, 0) is 37.8 Å². The van der Waals surface area contributed by atoms with Crippen LogP contribution in [0, 0.1) is 0 Å². The van der Waals surface area contributed by atoms with Crippen molar-refractivity contribution >= 4 is 11.8 Å². The first-order chi connectivity index (χ1) is 17.2. The lowest BCUT2D eigenvalue weighted by Crippen LogP contribution is -2.56. The Kier molecular flexibility index (Phi) is 6.76. The number of oxazole rings is 1. The van der Waals surface area contributed by atoms with Gasteiger partial charge in [0.05, 0.1) is 13.2 Å². The van der Waals surface area contributed by atoms with E-state index in [0.717, 1.165) is 12.1 Å². The van der Waals surface area contributed by atoms with E-state index in [2.05, 4.69) is 9.40 Å². The lowest BCUT2D eigenvalue weighted by atomic mass is 9.71. The number of nitrogens with two attached hydrogens (primary N) is 1. The van der Waals surface area contributed by atoms with Gasteiger partial charge < -0.3 is 19.8 Å². The predicted octanol–water partition coefficient (Wildman–Crippen LogP) is 4.40. The van der Waals surface area contributed by atoms with Crippen LogP contribution in [0.4, 0.5) is 30.7 Å². The van der Waals surface area contributed by atoms with Gasteiger partial charge in [-0.2, -0.15) is 22.0 Å². The molecule has 2 fully saturated rings. The highest BCUT2D eigenvalue weighted by Gasteiger charge is 2.66. The van der Waals surface area contributed by atoms with Gasteiger partial charge in [0.15, 0.2) is 5.76 Å². The fourth-order valence-corrected chi connectivity index (χ4v) is 4.51. The number of rotatable bonds is 5. The fourth-order valence-electron chi connectivity index (χ4n) is 4.51. The molecule has 7 nitrogen and oxygen atoms in total. The molecular weight excluding hydrogens is 515 g/mol. The highest BCUT2D eigenvalue weighted by Crippen LogP contribution is 2.54. The fraction of sp³-hybridized carbons (Fsp3) is 0.522. The quantitative estimate of drug-likeness (QED) is 0.571. The van der Waals surface area contributed by atoms with Gasteiger partial charge in [0.2, 0.25) is 11.3 Å². The normalized spacial score (nSPS) is 25.2. The summed E-state index contributed by atoms with van der Waals surface area (Å²) in [5.74, 6) is -11.3. The van der Waals surface area contributed by atoms with Crippen molar-refractivity contribution in [1.82, 2.24) is 9.88 Å². The van der Waals surface area contributed by atoms with Crippen molar-refractivity contribution in [2.24, 2.45) is 5.73 Å². The monoisotopic (exact) mass is 537 g/mol. The Bertz CT molecular complexity index is 1180. The molecule has 0 bridgehead atoms. The van der Waals surface area contributed by atoms with Crippen LogP contribution < -0.4 is 5.73 Å². The molecule has 2 aliphatic rings. The van der Waals surface area contributed by atoms with Gasteiger partial charge in [0, 0.05) is 24.2 Å². The number of ether oxygens (including phenoxy) is 1. The number of alkyl halides is 7. The number of amides is 2. The number of carbonyl (C=O) groups excluding carboxylic acids is 2. The molecule has 0 spiro atoms. The molecule has 2 aromatic rings. The summed E-state index contributed by atoms with van der Waals surface area (Å²) < 4.78 is 109. The van der Waals surface area contributed by atoms with E-state index in [1.54, 1.807) is 0 Å². The average molecular weight is 537 g/mol. The van der Waals surface area contributed by atoms with E-state index in [0.29, 0.717) is 26.3 Å². The number of hydrogen-bond donors (Lipinski definition) is 1. The largest absolute Gasteiger partial charge is 0.463 e. The van der Waals surface area contributed by atoms with Crippen LogP contribution in [-0.2, 0) is 21.1 Å². The topological polar surface area (TPSA) is 98.7 Å². The van der Waals surface area contributed by atoms with Gasteiger partial charge in [-0.1, -0.05) is 12.1 Å². The Morgan fingerprint density at radius 2 is 1.57 bits per heavy atom. The van der Waals surface area contributed by atoms with Gasteiger partial charge >= 0.3 is 12.1 Å². The van der Waals surface area contributed by atoms with E-state index < -0.39 is 65.4 Å². The number of morpholine rings is 1. The Labute approximate surface area is 205 Å². The summed E-state index contributed by atoms with van der Waals surface area (Å²) in [6, 6.07) is 4.72. The van der Waals surface area contributed by atoms with Crippen molar-refractivity contribution < 1.29 is 49.5 Å². The molecule has 14 heteroatoms. The highest BCUT2D eigenvalue weighted by atomic mass is 19.4. The number of primary amides is 1. The minimum absolute atomic E-state index is 0.0124. The van der Waals surface area contributed by atoms with E-state index in [1.165, 1.54) is 17.0 Å². The van der Waals surface area contributed by atoms with E-state index in [4.69, 9.17) is 10.5 Å². The highest BCUT2D eigenvalue weighted by molar-refractivity contribution is 5.94. The van der Waals surface area contributed by atoms with Gasteiger partial charge in [-0.25, -0.2) is 13.8 Å². The SMILES string of the molecule is NC(=O)C1(F)CCCCC1(F)c1oc(C(F)(F)C(F)(F)F)nc1-c1ccc(C(=O)N2CCOCC2)cc1. The molecule has 2 unspecified atom stereocenters. The summed E-state index contributed by atoms with van der Waals surface area (Å²) in [5, 5.41) is 0. The average Bonchev–Trinajstić information content (AvgIpc) is 3.32. The van der Waals surface area contributed by atoms with Crippen LogP contribution in [0.1, 0.15) is 47.7 Å². The van der Waals surface area contributed by atoms with Crippen LogP contribution in [0.2, 0.25) is 0 Å². The van der Waals surface area contributed by atoms with Crippen LogP contribution in [0.5, 0.6) is 0 Å². The van der Waals surface area contributed by atoms with E-state index >= 15 is 8.78 Å². The number of aromatic nitrogens is 1. The lowest BCUT2D eigenvalue weighted by Gasteiger charge is -2.39. The molecule has 0 radical (unpaired) electrons. The molecule has 2 amide bonds. The lowest BCUT2D eigenvalue weighted by molar-refractivity contribution is -0.297. The van der Waals surface area contributed by atoms with Crippen molar-refractivity contribution in [1.29, 1.82) is 0 Å². The molecule has 1 aromatic heterocycles. The Morgan fingerprint density at radius 1 is 0.973 bits per heavy atom. The van der Waals surface area contributed by atoms with E-state index in [9.17, 15) is 31.5 Å². The summed E-state index contributed by atoms with van der Waals surface area (Å²) in [7, 11) is 0. The van der Waals surface area contributed by atoms with Gasteiger partial charge in [0.25, 0.3) is 17.7 Å². The Balaban J connectivity index is 1.82. The maximum Gasteiger partial charge on any atom is 0.463 e. The predicted molar refractivity (Wildman–Crippen MR) is 113 cm³/mol. The molecule has 2 N–H and O–H groups in total. The van der Waals surface area contributed by atoms with Gasteiger partial charge in [0.1, 0.15) is 5.69 Å². The third-order valence-corrected chi connectivity index (χ3v) is 6.63. The van der Waals surface area contributed by atoms with Crippen molar-refractivity contribution in [3.63, 3.8) is 0 Å². The first kappa shape index (κ1) is 26.9. The van der Waals surface area contributed by atoms with Crippen molar-refractivity contribution in [3.8, 4) is 11.3 Å². The molecule has 4 rings (SSSR count). The molecule has 2 atom stereocenters. The number of benzene rings is 1. The zero-order chi connectivity index (χ0) is 27.2. The number of carbonyl (C=O) groups is 2. The number of hydrogen-bond acceptors (Lipinski definition) is 5. The molecule has 202 valence electrons. The third kappa shape index (κ3) is 4.44. The zero-order valence-corrected chi connectivity index (χ0v) is 19.2. The molecule has 37 heavy (non-hydrogen) atoms. The molecule has 2 heterocycles. The molecule has 1 aliphatic carbocycles. The van der Waals surface area contributed by atoms with Crippen LogP contribution in [0.15, 0.2) is 28.7 Å². The summed E-state index contributed by atoms with van der Waals surface area (Å²) in [6.07, 6.45) is -7.70. The third-order valence-electron chi connectivity index (χ3n) is 6.63. The van der Waals surface area contributed by atoms with E-state index in [-0.39, 0.29) is 24.0 Å². The number of nitrogens with zero attached hydrogens (tertiary/aromatic N) is 2. The second kappa shape index (κ2) is 9.30.